The highest BCUT2D eigenvalue weighted by molar-refractivity contribution is 6.32. The van der Waals surface area contributed by atoms with Crippen molar-refractivity contribution in [2.75, 3.05) is 31.1 Å². The van der Waals surface area contributed by atoms with Crippen LogP contribution in [0.5, 0.6) is 0 Å². The summed E-state index contributed by atoms with van der Waals surface area (Å²) in [5.74, 6) is 0.563. The summed E-state index contributed by atoms with van der Waals surface area (Å²) in [4.78, 5) is 25.3. The van der Waals surface area contributed by atoms with Crippen LogP contribution in [0.15, 0.2) is 30.5 Å². The summed E-state index contributed by atoms with van der Waals surface area (Å²) in [6.45, 7) is 7.61. The van der Waals surface area contributed by atoms with E-state index in [1.54, 1.807) is 23.2 Å². The molecule has 1 aromatic heterocycles. The summed E-state index contributed by atoms with van der Waals surface area (Å²) >= 11 is 6.35. The molecule has 9 heteroatoms. The first kappa shape index (κ1) is 21.3. The van der Waals surface area contributed by atoms with Gasteiger partial charge in [-0.3, -0.25) is 0 Å². The van der Waals surface area contributed by atoms with Crippen molar-refractivity contribution in [1.82, 2.24) is 14.9 Å². The van der Waals surface area contributed by atoms with Crippen LogP contribution in [0.3, 0.4) is 0 Å². The zero-order valence-corrected chi connectivity index (χ0v) is 18.5. The SMILES string of the molecule is CC(C)(C)OC(=O)N1CC2CN(c3ncc(Cl)c(-c4ccc(C#N)cc4)n3)CC(C1)O2. The van der Waals surface area contributed by atoms with Gasteiger partial charge in [-0.15, -0.1) is 0 Å². The molecule has 2 aromatic rings. The van der Waals surface area contributed by atoms with Gasteiger partial charge in [-0.25, -0.2) is 14.8 Å². The van der Waals surface area contributed by atoms with E-state index in [-0.39, 0.29) is 18.3 Å². The second-order valence-corrected chi connectivity index (χ2v) is 9.13. The molecule has 0 radical (unpaired) electrons. The predicted molar refractivity (Wildman–Crippen MR) is 116 cm³/mol. The fourth-order valence-corrected chi connectivity index (χ4v) is 3.95. The Morgan fingerprint density at radius 1 is 1.19 bits per heavy atom. The van der Waals surface area contributed by atoms with Crippen LogP contribution in [0.1, 0.15) is 26.3 Å². The average Bonchev–Trinajstić information content (AvgIpc) is 2.72. The minimum absolute atomic E-state index is 0.155. The zero-order chi connectivity index (χ0) is 22.2. The fourth-order valence-electron chi connectivity index (χ4n) is 3.75. The molecule has 162 valence electrons. The third-order valence-corrected chi connectivity index (χ3v) is 5.31. The van der Waals surface area contributed by atoms with Crippen LogP contribution in [-0.2, 0) is 9.47 Å². The quantitative estimate of drug-likeness (QED) is 0.704. The number of hydrogen-bond acceptors (Lipinski definition) is 7. The number of carbonyl (C=O) groups excluding carboxylic acids is 1. The Hall–Kier alpha value is -2.89. The fraction of sp³-hybridized carbons (Fsp3) is 0.455. The van der Waals surface area contributed by atoms with Crippen molar-refractivity contribution in [3.05, 3.63) is 41.0 Å². The van der Waals surface area contributed by atoms with Crippen LogP contribution in [0, 0.1) is 11.3 Å². The first-order valence-electron chi connectivity index (χ1n) is 10.1. The molecule has 2 aliphatic heterocycles. The monoisotopic (exact) mass is 441 g/mol. The van der Waals surface area contributed by atoms with E-state index in [9.17, 15) is 4.79 Å². The van der Waals surface area contributed by atoms with Gasteiger partial charge in [0.1, 0.15) is 5.60 Å². The van der Waals surface area contributed by atoms with Crippen LogP contribution in [0.4, 0.5) is 10.7 Å². The van der Waals surface area contributed by atoms with Crippen molar-refractivity contribution in [2.24, 2.45) is 0 Å². The van der Waals surface area contributed by atoms with Crippen LogP contribution in [0.25, 0.3) is 11.3 Å². The van der Waals surface area contributed by atoms with Crippen molar-refractivity contribution in [3.8, 4) is 17.3 Å². The largest absolute Gasteiger partial charge is 0.444 e. The standard InChI is InChI=1S/C22H24ClN5O3/c1-22(2,3)31-21(29)28-12-16-10-27(11-17(13-28)30-16)20-25-9-18(23)19(26-20)15-6-4-14(8-24)5-7-15/h4-7,9,16-17H,10-13H2,1-3H3. The molecule has 2 aliphatic rings. The van der Waals surface area contributed by atoms with Crippen LogP contribution in [-0.4, -0.2) is 64.9 Å². The van der Waals surface area contributed by atoms with Gasteiger partial charge < -0.3 is 19.3 Å². The van der Waals surface area contributed by atoms with Gasteiger partial charge in [0.15, 0.2) is 0 Å². The molecule has 0 saturated carbocycles. The Morgan fingerprint density at radius 2 is 1.84 bits per heavy atom. The molecular formula is C22H24ClN5O3. The van der Waals surface area contributed by atoms with Gasteiger partial charge in [0.25, 0.3) is 0 Å². The number of aromatic nitrogens is 2. The normalized spacial score (nSPS) is 20.9. The summed E-state index contributed by atoms with van der Waals surface area (Å²) < 4.78 is 11.6. The minimum atomic E-state index is -0.532. The van der Waals surface area contributed by atoms with Crippen LogP contribution in [0.2, 0.25) is 5.02 Å². The molecule has 0 aliphatic carbocycles. The van der Waals surface area contributed by atoms with E-state index < -0.39 is 5.60 Å². The molecule has 8 nitrogen and oxygen atoms in total. The maximum absolute atomic E-state index is 12.5. The molecule has 4 rings (SSSR count). The van der Waals surface area contributed by atoms with Crippen LogP contribution < -0.4 is 4.90 Å². The number of carbonyl (C=O) groups is 1. The van der Waals surface area contributed by atoms with Crippen molar-refractivity contribution >= 4 is 23.6 Å². The summed E-state index contributed by atoms with van der Waals surface area (Å²) in [6.07, 6.45) is 0.968. The highest BCUT2D eigenvalue weighted by Gasteiger charge is 2.39. The minimum Gasteiger partial charge on any atom is -0.444 e. The molecule has 31 heavy (non-hydrogen) atoms. The molecule has 0 spiro atoms. The van der Waals surface area contributed by atoms with E-state index in [2.05, 4.69) is 16.0 Å². The smallest absolute Gasteiger partial charge is 0.410 e. The summed E-state index contributed by atoms with van der Waals surface area (Å²) in [5, 5.41) is 9.44. The van der Waals surface area contributed by atoms with Gasteiger partial charge >= 0.3 is 6.09 Å². The molecule has 2 unspecified atom stereocenters. The maximum Gasteiger partial charge on any atom is 0.410 e. The van der Waals surface area contributed by atoms with E-state index in [1.807, 2.05) is 32.9 Å². The molecule has 3 heterocycles. The first-order valence-corrected chi connectivity index (χ1v) is 10.5. The Labute approximate surface area is 186 Å². The molecule has 2 saturated heterocycles. The lowest BCUT2D eigenvalue weighted by Gasteiger charge is -2.45. The number of fused-ring (bicyclic) bond motifs is 2. The Kier molecular flexibility index (Phi) is 5.73. The van der Waals surface area contributed by atoms with Crippen molar-refractivity contribution in [2.45, 2.75) is 38.6 Å². The predicted octanol–water partition coefficient (Wildman–Crippen LogP) is 3.49. The van der Waals surface area contributed by atoms with Crippen molar-refractivity contribution < 1.29 is 14.3 Å². The summed E-state index contributed by atoms with van der Waals surface area (Å²) in [7, 11) is 0. The molecule has 1 aromatic carbocycles. The van der Waals surface area contributed by atoms with Gasteiger partial charge in [-0.2, -0.15) is 5.26 Å². The Balaban J connectivity index is 1.50. The summed E-state index contributed by atoms with van der Waals surface area (Å²) in [5.41, 5.74) is 1.47. The second-order valence-electron chi connectivity index (χ2n) is 8.73. The molecular weight excluding hydrogens is 418 g/mol. The van der Waals surface area contributed by atoms with E-state index in [4.69, 9.17) is 31.3 Å². The number of morpholine rings is 2. The maximum atomic E-state index is 12.5. The van der Waals surface area contributed by atoms with Gasteiger partial charge in [0.05, 0.1) is 53.8 Å². The van der Waals surface area contributed by atoms with E-state index >= 15 is 0 Å². The number of nitrogens with zero attached hydrogens (tertiary/aromatic N) is 5. The second kappa shape index (κ2) is 8.33. The van der Waals surface area contributed by atoms with Crippen LogP contribution >= 0.6 is 11.6 Å². The lowest BCUT2D eigenvalue weighted by atomic mass is 10.1. The van der Waals surface area contributed by atoms with Crippen molar-refractivity contribution in [3.63, 3.8) is 0 Å². The van der Waals surface area contributed by atoms with Gasteiger partial charge in [-0.1, -0.05) is 23.7 Å². The Bertz CT molecular complexity index is 1000. The molecule has 2 fully saturated rings. The highest BCUT2D eigenvalue weighted by Crippen LogP contribution is 2.29. The van der Waals surface area contributed by atoms with Gasteiger partial charge in [-0.05, 0) is 32.9 Å². The molecule has 2 bridgehead atoms. The number of amides is 1. The molecule has 1 amide bonds. The highest BCUT2D eigenvalue weighted by atomic mass is 35.5. The number of anilines is 1. The van der Waals surface area contributed by atoms with E-state index in [0.717, 1.165) is 5.56 Å². The molecule has 0 N–H and O–H groups in total. The number of nitriles is 1. The lowest BCUT2D eigenvalue weighted by Crippen LogP contribution is -2.61. The molecule has 2 atom stereocenters. The van der Waals surface area contributed by atoms with Gasteiger partial charge in [0.2, 0.25) is 5.95 Å². The number of ether oxygens (including phenoxy) is 2. The Morgan fingerprint density at radius 3 is 2.42 bits per heavy atom. The number of halogens is 1. The lowest BCUT2D eigenvalue weighted by molar-refractivity contribution is -0.0952. The summed E-state index contributed by atoms with van der Waals surface area (Å²) in [6, 6.07) is 9.22. The van der Waals surface area contributed by atoms with E-state index in [0.29, 0.717) is 48.4 Å². The van der Waals surface area contributed by atoms with E-state index in [1.165, 1.54) is 0 Å². The third-order valence-electron chi connectivity index (χ3n) is 5.03. The van der Waals surface area contributed by atoms with Gasteiger partial charge in [0, 0.05) is 18.7 Å². The zero-order valence-electron chi connectivity index (χ0n) is 17.7. The number of rotatable bonds is 2. The average molecular weight is 442 g/mol. The number of benzene rings is 1. The first-order chi connectivity index (χ1) is 14.7. The van der Waals surface area contributed by atoms with Crippen molar-refractivity contribution in [1.29, 1.82) is 5.26 Å². The topological polar surface area (TPSA) is 91.6 Å². The number of hydrogen-bond donors (Lipinski definition) is 0. The third kappa shape index (κ3) is 4.89.